The predicted molar refractivity (Wildman–Crippen MR) is 68.1 cm³/mol. The molecule has 0 aromatic rings. The zero-order valence-corrected chi connectivity index (χ0v) is 10.8. The van der Waals surface area contributed by atoms with Crippen molar-refractivity contribution in [1.29, 1.82) is 0 Å². The fraction of sp³-hybridized carbons (Fsp3) is 0.733. The molecule has 0 spiro atoms. The van der Waals surface area contributed by atoms with Gasteiger partial charge in [0.15, 0.2) is 0 Å². The lowest BCUT2D eigenvalue weighted by atomic mass is 9.83. The molecule has 0 saturated heterocycles. The fourth-order valence-corrected chi connectivity index (χ4v) is 3.27. The van der Waals surface area contributed by atoms with E-state index in [0.717, 1.165) is 25.7 Å². The monoisotopic (exact) mass is 220 g/mol. The van der Waals surface area contributed by atoms with E-state index in [1.54, 1.807) is 0 Å². The van der Waals surface area contributed by atoms with Crippen LogP contribution in [0.3, 0.4) is 0 Å². The quantitative estimate of drug-likeness (QED) is 0.668. The van der Waals surface area contributed by atoms with Crippen LogP contribution in [-0.2, 0) is 0 Å². The number of hydrogen-bond donors (Lipinski definition) is 1. The van der Waals surface area contributed by atoms with Gasteiger partial charge in [-0.2, -0.15) is 0 Å². The molecular formula is C15H24O. The highest BCUT2D eigenvalue weighted by molar-refractivity contribution is 5.24. The summed E-state index contributed by atoms with van der Waals surface area (Å²) in [6.07, 6.45) is 6.64. The van der Waals surface area contributed by atoms with Gasteiger partial charge >= 0.3 is 0 Å². The molecule has 1 heteroatoms. The topological polar surface area (TPSA) is 20.2 Å². The Bertz CT molecular complexity index is 322. The first-order valence-electron chi connectivity index (χ1n) is 6.52. The molecule has 3 atom stereocenters. The van der Waals surface area contributed by atoms with Crippen molar-refractivity contribution in [3.05, 3.63) is 23.8 Å². The second kappa shape index (κ2) is 4.03. The maximum absolute atomic E-state index is 10.4. The average Bonchev–Trinajstić information content (AvgIpc) is 2.38. The van der Waals surface area contributed by atoms with Gasteiger partial charge in [0, 0.05) is 5.92 Å². The molecule has 1 nitrogen and oxygen atoms in total. The Labute approximate surface area is 99.3 Å². The van der Waals surface area contributed by atoms with Gasteiger partial charge in [-0.15, -0.1) is 0 Å². The lowest BCUT2D eigenvalue weighted by molar-refractivity contribution is 0.0330. The SMILES string of the molecule is C=C1CCC(C(C)C)=C[C@H]2[C@H]1CC[C@]2(C)O. The summed E-state index contributed by atoms with van der Waals surface area (Å²) in [6.45, 7) is 10.7. The Hall–Kier alpha value is -0.560. The Morgan fingerprint density at radius 2 is 2.12 bits per heavy atom. The van der Waals surface area contributed by atoms with Crippen LogP contribution in [0.4, 0.5) is 0 Å². The molecule has 2 rings (SSSR count). The van der Waals surface area contributed by atoms with E-state index in [1.807, 2.05) is 6.92 Å². The molecule has 0 aromatic heterocycles. The van der Waals surface area contributed by atoms with Crippen LogP contribution >= 0.6 is 0 Å². The van der Waals surface area contributed by atoms with Crippen molar-refractivity contribution in [2.24, 2.45) is 17.8 Å². The fourth-order valence-electron chi connectivity index (χ4n) is 3.27. The maximum Gasteiger partial charge on any atom is 0.0688 e. The Balaban J connectivity index is 2.33. The van der Waals surface area contributed by atoms with Crippen LogP contribution in [0.25, 0.3) is 0 Å². The van der Waals surface area contributed by atoms with E-state index in [9.17, 15) is 5.11 Å². The second-order valence-electron chi connectivity index (χ2n) is 6.08. The van der Waals surface area contributed by atoms with Gasteiger partial charge in [0.1, 0.15) is 0 Å². The highest BCUT2D eigenvalue weighted by Gasteiger charge is 2.44. The molecule has 1 fully saturated rings. The zero-order chi connectivity index (χ0) is 11.9. The number of fused-ring (bicyclic) bond motifs is 1. The lowest BCUT2D eigenvalue weighted by Crippen LogP contribution is -2.30. The van der Waals surface area contributed by atoms with Gasteiger partial charge < -0.3 is 5.11 Å². The third-order valence-corrected chi connectivity index (χ3v) is 4.51. The van der Waals surface area contributed by atoms with Crippen LogP contribution < -0.4 is 0 Å². The summed E-state index contributed by atoms with van der Waals surface area (Å²) in [5, 5.41) is 10.4. The predicted octanol–water partition coefficient (Wildman–Crippen LogP) is 3.70. The molecule has 0 amide bonds. The highest BCUT2D eigenvalue weighted by Crippen LogP contribution is 2.48. The van der Waals surface area contributed by atoms with Gasteiger partial charge in [0.05, 0.1) is 5.60 Å². The summed E-state index contributed by atoms with van der Waals surface area (Å²) in [5.41, 5.74) is 2.35. The summed E-state index contributed by atoms with van der Waals surface area (Å²) >= 11 is 0. The Kier molecular flexibility index (Phi) is 3.00. The van der Waals surface area contributed by atoms with Crippen molar-refractivity contribution in [1.82, 2.24) is 0 Å². The van der Waals surface area contributed by atoms with Crippen molar-refractivity contribution >= 4 is 0 Å². The van der Waals surface area contributed by atoms with E-state index in [0.29, 0.717) is 17.8 Å². The molecule has 0 heterocycles. The van der Waals surface area contributed by atoms with Crippen molar-refractivity contribution in [2.75, 3.05) is 0 Å². The van der Waals surface area contributed by atoms with E-state index in [2.05, 4.69) is 26.5 Å². The van der Waals surface area contributed by atoms with Crippen LogP contribution in [0.2, 0.25) is 0 Å². The van der Waals surface area contributed by atoms with E-state index >= 15 is 0 Å². The molecule has 16 heavy (non-hydrogen) atoms. The summed E-state index contributed by atoms with van der Waals surface area (Å²) in [5.74, 6) is 1.43. The van der Waals surface area contributed by atoms with Crippen LogP contribution in [0.1, 0.15) is 46.5 Å². The second-order valence-corrected chi connectivity index (χ2v) is 6.08. The Morgan fingerprint density at radius 1 is 1.44 bits per heavy atom. The molecular weight excluding hydrogens is 196 g/mol. The minimum Gasteiger partial charge on any atom is -0.390 e. The van der Waals surface area contributed by atoms with Crippen molar-refractivity contribution < 1.29 is 5.11 Å². The molecule has 0 aliphatic heterocycles. The molecule has 0 bridgehead atoms. The smallest absolute Gasteiger partial charge is 0.0688 e. The summed E-state index contributed by atoms with van der Waals surface area (Å²) in [4.78, 5) is 0. The van der Waals surface area contributed by atoms with E-state index in [4.69, 9.17) is 0 Å². The van der Waals surface area contributed by atoms with E-state index in [1.165, 1.54) is 11.1 Å². The normalized spacial score (nSPS) is 39.6. The van der Waals surface area contributed by atoms with Gasteiger partial charge in [-0.25, -0.2) is 0 Å². The average molecular weight is 220 g/mol. The van der Waals surface area contributed by atoms with Crippen LogP contribution in [0.15, 0.2) is 23.8 Å². The molecule has 2 aliphatic rings. The highest BCUT2D eigenvalue weighted by atomic mass is 16.3. The van der Waals surface area contributed by atoms with Gasteiger partial charge in [-0.3, -0.25) is 0 Å². The van der Waals surface area contributed by atoms with E-state index < -0.39 is 5.60 Å². The first kappa shape index (κ1) is 11.9. The van der Waals surface area contributed by atoms with Gasteiger partial charge in [0.2, 0.25) is 0 Å². The van der Waals surface area contributed by atoms with Crippen molar-refractivity contribution in [3.63, 3.8) is 0 Å². The number of rotatable bonds is 1. The molecule has 1 N–H and O–H groups in total. The Morgan fingerprint density at radius 3 is 2.75 bits per heavy atom. The standard InChI is InChI=1S/C15H24O/c1-10(2)12-6-5-11(3)13-7-8-15(4,16)14(13)9-12/h9-10,13-14,16H,3,5-8H2,1-2,4H3/t13-,14-,15-/m0/s1. The summed E-state index contributed by atoms with van der Waals surface area (Å²) < 4.78 is 0. The summed E-state index contributed by atoms with van der Waals surface area (Å²) in [6, 6.07) is 0. The minimum absolute atomic E-state index is 0.305. The first-order valence-corrected chi connectivity index (χ1v) is 6.52. The van der Waals surface area contributed by atoms with Crippen molar-refractivity contribution in [3.8, 4) is 0 Å². The molecule has 0 unspecified atom stereocenters. The van der Waals surface area contributed by atoms with Crippen LogP contribution in [-0.4, -0.2) is 10.7 Å². The number of aliphatic hydroxyl groups is 1. The zero-order valence-electron chi connectivity index (χ0n) is 10.8. The lowest BCUT2D eigenvalue weighted by Gasteiger charge is -2.27. The summed E-state index contributed by atoms with van der Waals surface area (Å²) in [7, 11) is 0. The van der Waals surface area contributed by atoms with Crippen LogP contribution in [0, 0.1) is 17.8 Å². The number of hydrogen-bond acceptors (Lipinski definition) is 1. The number of allylic oxidation sites excluding steroid dienone is 2. The molecule has 90 valence electrons. The molecule has 2 aliphatic carbocycles. The van der Waals surface area contributed by atoms with E-state index in [-0.39, 0.29) is 0 Å². The van der Waals surface area contributed by atoms with Crippen LogP contribution in [0.5, 0.6) is 0 Å². The third-order valence-electron chi connectivity index (χ3n) is 4.51. The van der Waals surface area contributed by atoms with Gasteiger partial charge in [-0.05, 0) is 44.4 Å². The maximum atomic E-state index is 10.4. The van der Waals surface area contributed by atoms with Crippen molar-refractivity contribution in [2.45, 2.75) is 52.1 Å². The first-order chi connectivity index (χ1) is 7.42. The largest absolute Gasteiger partial charge is 0.390 e. The third kappa shape index (κ3) is 1.98. The molecule has 0 aromatic carbocycles. The van der Waals surface area contributed by atoms with Gasteiger partial charge in [-0.1, -0.05) is 37.6 Å². The minimum atomic E-state index is -0.516. The molecule has 0 radical (unpaired) electrons. The molecule has 1 saturated carbocycles. The van der Waals surface area contributed by atoms with Gasteiger partial charge in [0.25, 0.3) is 0 Å².